The van der Waals surface area contributed by atoms with E-state index in [0.29, 0.717) is 5.92 Å². The summed E-state index contributed by atoms with van der Waals surface area (Å²) in [5.41, 5.74) is 4.17. The highest BCUT2D eigenvalue weighted by molar-refractivity contribution is 14.1. The molecule has 2 unspecified atom stereocenters. The van der Waals surface area contributed by atoms with Gasteiger partial charge in [-0.1, -0.05) is 12.1 Å². The van der Waals surface area contributed by atoms with E-state index in [0.717, 1.165) is 19.6 Å². The third kappa shape index (κ3) is 2.94. The van der Waals surface area contributed by atoms with Gasteiger partial charge in [0.05, 0.1) is 12.6 Å². The lowest BCUT2D eigenvalue weighted by Crippen LogP contribution is -2.37. The van der Waals surface area contributed by atoms with Crippen LogP contribution in [0, 0.1) is 9.49 Å². The molecule has 0 spiro atoms. The molecule has 1 aliphatic heterocycles. The third-order valence-corrected chi connectivity index (χ3v) is 3.79. The SMILES string of the molecule is NNC(c1ccc(I)cc1)C1CCCOC1. The van der Waals surface area contributed by atoms with Crippen molar-refractivity contribution in [2.24, 2.45) is 11.8 Å². The predicted octanol–water partition coefficient (Wildman–Crippen LogP) is 2.22. The number of halogens is 1. The molecule has 0 aromatic heterocycles. The molecule has 3 nitrogen and oxygen atoms in total. The highest BCUT2D eigenvalue weighted by Gasteiger charge is 2.24. The highest BCUT2D eigenvalue weighted by atomic mass is 127. The average Bonchev–Trinajstić information content (AvgIpc) is 2.34. The summed E-state index contributed by atoms with van der Waals surface area (Å²) in [6, 6.07) is 8.72. The van der Waals surface area contributed by atoms with Crippen molar-refractivity contribution in [3.8, 4) is 0 Å². The normalized spacial score (nSPS) is 23.0. The van der Waals surface area contributed by atoms with E-state index in [1.165, 1.54) is 15.6 Å². The lowest BCUT2D eigenvalue weighted by molar-refractivity contribution is 0.0390. The first-order chi connectivity index (χ1) is 7.81. The van der Waals surface area contributed by atoms with Gasteiger partial charge in [0.2, 0.25) is 0 Å². The first-order valence-electron chi connectivity index (χ1n) is 5.60. The predicted molar refractivity (Wildman–Crippen MR) is 72.8 cm³/mol. The molecule has 0 radical (unpaired) electrons. The van der Waals surface area contributed by atoms with Crippen LogP contribution in [0.4, 0.5) is 0 Å². The van der Waals surface area contributed by atoms with Crippen LogP contribution < -0.4 is 11.3 Å². The van der Waals surface area contributed by atoms with Gasteiger partial charge in [0, 0.05) is 16.1 Å². The number of hydrogen-bond donors (Lipinski definition) is 2. The molecule has 1 aromatic rings. The number of benzene rings is 1. The Labute approximate surface area is 110 Å². The minimum atomic E-state index is 0.206. The van der Waals surface area contributed by atoms with Crippen molar-refractivity contribution in [3.63, 3.8) is 0 Å². The van der Waals surface area contributed by atoms with Gasteiger partial charge in [-0.15, -0.1) is 0 Å². The Kier molecular flexibility index (Phi) is 4.57. The molecule has 0 aliphatic carbocycles. The summed E-state index contributed by atoms with van der Waals surface area (Å²) >= 11 is 2.31. The number of nitrogens with one attached hydrogen (secondary N) is 1. The van der Waals surface area contributed by atoms with E-state index in [-0.39, 0.29) is 6.04 Å². The molecule has 1 aromatic carbocycles. The molecule has 4 heteroatoms. The van der Waals surface area contributed by atoms with E-state index in [4.69, 9.17) is 10.6 Å². The monoisotopic (exact) mass is 332 g/mol. The van der Waals surface area contributed by atoms with Gasteiger partial charge in [-0.3, -0.25) is 11.3 Å². The Balaban J connectivity index is 2.11. The fraction of sp³-hybridized carbons (Fsp3) is 0.500. The Bertz CT molecular complexity index is 322. The van der Waals surface area contributed by atoms with Crippen LogP contribution in [0.1, 0.15) is 24.4 Å². The van der Waals surface area contributed by atoms with Crippen molar-refractivity contribution >= 4 is 22.6 Å². The van der Waals surface area contributed by atoms with Gasteiger partial charge in [-0.2, -0.15) is 0 Å². The van der Waals surface area contributed by atoms with E-state index in [1.807, 2.05) is 0 Å². The van der Waals surface area contributed by atoms with Crippen LogP contribution in [0.5, 0.6) is 0 Å². The van der Waals surface area contributed by atoms with Gasteiger partial charge < -0.3 is 4.74 Å². The molecule has 1 aliphatic rings. The molecular formula is C12H17IN2O. The molecule has 1 fully saturated rings. The summed E-state index contributed by atoms with van der Waals surface area (Å²) in [5, 5.41) is 0. The second-order valence-corrected chi connectivity index (χ2v) is 5.42. The van der Waals surface area contributed by atoms with Crippen LogP contribution in [0.2, 0.25) is 0 Å². The maximum Gasteiger partial charge on any atom is 0.0513 e. The van der Waals surface area contributed by atoms with Crippen molar-refractivity contribution in [1.82, 2.24) is 5.43 Å². The number of hydrazine groups is 1. The Morgan fingerprint density at radius 2 is 2.12 bits per heavy atom. The van der Waals surface area contributed by atoms with Crippen molar-refractivity contribution in [1.29, 1.82) is 0 Å². The summed E-state index contributed by atoms with van der Waals surface area (Å²) in [4.78, 5) is 0. The zero-order valence-corrected chi connectivity index (χ0v) is 11.3. The van der Waals surface area contributed by atoms with Crippen molar-refractivity contribution < 1.29 is 4.74 Å². The zero-order valence-electron chi connectivity index (χ0n) is 9.16. The molecule has 16 heavy (non-hydrogen) atoms. The summed E-state index contributed by atoms with van der Waals surface area (Å²) < 4.78 is 6.76. The molecule has 1 saturated heterocycles. The standard InChI is InChI=1S/C12H17IN2O/c13-11-5-3-9(4-6-11)12(15-14)10-2-1-7-16-8-10/h3-6,10,12,15H,1-2,7-8,14H2. The zero-order chi connectivity index (χ0) is 11.4. The number of nitrogens with two attached hydrogens (primary N) is 1. The largest absolute Gasteiger partial charge is 0.381 e. The van der Waals surface area contributed by atoms with E-state index >= 15 is 0 Å². The van der Waals surface area contributed by atoms with E-state index in [2.05, 4.69) is 52.3 Å². The Hall–Kier alpha value is -0.170. The van der Waals surface area contributed by atoms with Gasteiger partial charge >= 0.3 is 0 Å². The first kappa shape index (κ1) is 12.3. The van der Waals surface area contributed by atoms with Crippen LogP contribution in [0.25, 0.3) is 0 Å². The molecule has 2 rings (SSSR count). The third-order valence-electron chi connectivity index (χ3n) is 3.08. The van der Waals surface area contributed by atoms with Gasteiger partial charge in [-0.25, -0.2) is 0 Å². The average molecular weight is 332 g/mol. The van der Waals surface area contributed by atoms with Crippen LogP contribution in [-0.2, 0) is 4.74 Å². The van der Waals surface area contributed by atoms with Gasteiger partial charge in [0.25, 0.3) is 0 Å². The maximum absolute atomic E-state index is 5.67. The smallest absolute Gasteiger partial charge is 0.0513 e. The van der Waals surface area contributed by atoms with E-state index in [1.54, 1.807) is 0 Å². The van der Waals surface area contributed by atoms with Gasteiger partial charge in [0.1, 0.15) is 0 Å². The van der Waals surface area contributed by atoms with Crippen LogP contribution in [-0.4, -0.2) is 13.2 Å². The second-order valence-electron chi connectivity index (χ2n) is 4.17. The maximum atomic E-state index is 5.67. The van der Waals surface area contributed by atoms with Crippen LogP contribution in [0.3, 0.4) is 0 Å². The summed E-state index contributed by atoms with van der Waals surface area (Å²) in [6.45, 7) is 1.70. The van der Waals surface area contributed by atoms with Crippen LogP contribution >= 0.6 is 22.6 Å². The van der Waals surface area contributed by atoms with Crippen molar-refractivity contribution in [2.45, 2.75) is 18.9 Å². The Morgan fingerprint density at radius 1 is 1.38 bits per heavy atom. The molecule has 0 bridgehead atoms. The lowest BCUT2D eigenvalue weighted by Gasteiger charge is -2.30. The van der Waals surface area contributed by atoms with Gasteiger partial charge in [0.15, 0.2) is 0 Å². The molecule has 88 valence electrons. The summed E-state index contributed by atoms with van der Waals surface area (Å²) in [7, 11) is 0. The van der Waals surface area contributed by atoms with Crippen molar-refractivity contribution in [2.75, 3.05) is 13.2 Å². The lowest BCUT2D eigenvalue weighted by atomic mass is 9.89. The topological polar surface area (TPSA) is 47.3 Å². The fourth-order valence-electron chi connectivity index (χ4n) is 2.20. The van der Waals surface area contributed by atoms with E-state index in [9.17, 15) is 0 Å². The first-order valence-corrected chi connectivity index (χ1v) is 6.68. The number of rotatable bonds is 3. The highest BCUT2D eigenvalue weighted by Crippen LogP contribution is 2.28. The summed E-state index contributed by atoms with van der Waals surface area (Å²) in [5.74, 6) is 6.15. The second kappa shape index (κ2) is 5.95. The number of hydrogen-bond acceptors (Lipinski definition) is 3. The molecular weight excluding hydrogens is 315 g/mol. The molecule has 1 heterocycles. The summed E-state index contributed by atoms with van der Waals surface area (Å²) in [6.07, 6.45) is 2.31. The molecule has 0 saturated carbocycles. The van der Waals surface area contributed by atoms with E-state index < -0.39 is 0 Å². The quantitative estimate of drug-likeness (QED) is 0.507. The fourth-order valence-corrected chi connectivity index (χ4v) is 2.56. The minimum Gasteiger partial charge on any atom is -0.381 e. The Morgan fingerprint density at radius 3 is 2.69 bits per heavy atom. The van der Waals surface area contributed by atoms with Gasteiger partial charge in [-0.05, 0) is 53.1 Å². The minimum absolute atomic E-state index is 0.206. The molecule has 3 N–H and O–H groups in total. The van der Waals surface area contributed by atoms with Crippen LogP contribution in [0.15, 0.2) is 24.3 Å². The molecule has 2 atom stereocenters. The number of ether oxygens (including phenoxy) is 1. The molecule has 0 amide bonds. The van der Waals surface area contributed by atoms with Crippen molar-refractivity contribution in [3.05, 3.63) is 33.4 Å².